The van der Waals surface area contributed by atoms with Crippen molar-refractivity contribution >= 4 is 0 Å². The molecule has 4 heavy (non-hydrogen) atoms. The van der Waals surface area contributed by atoms with Crippen LogP contribution in [0.5, 0.6) is 0 Å². The van der Waals surface area contributed by atoms with E-state index in [2.05, 4.69) is 11.6 Å². The molecule has 0 aliphatic carbocycles. The van der Waals surface area contributed by atoms with Crippen LogP contribution in [0.15, 0.2) is 0 Å². The van der Waals surface area contributed by atoms with Crippen molar-refractivity contribution in [3.8, 4) is 0 Å². The quantitative estimate of drug-likeness (QED) is 0.349. The van der Waals surface area contributed by atoms with E-state index < -0.39 is 0 Å². The van der Waals surface area contributed by atoms with Gasteiger partial charge in [-0.05, 0) is 7.05 Å². The van der Waals surface area contributed by atoms with Gasteiger partial charge in [0.05, 0.1) is 0 Å². The third kappa shape index (κ3) is 101. The molecule has 0 rings (SSSR count). The zero-order valence-corrected chi connectivity index (χ0v) is 2.56. The zero-order chi connectivity index (χ0) is 4.00. The molecule has 0 aromatic rings. The predicted molar refractivity (Wildman–Crippen MR) is 15.0 cm³/mol. The summed E-state index contributed by atoms with van der Waals surface area (Å²) in [5.41, 5.74) is 4.50. The molecule has 27 valence electrons. The number of hydrogen-bond donors (Lipinski definition) is 2. The van der Waals surface area contributed by atoms with Crippen molar-refractivity contribution in [2.24, 2.45) is 11.6 Å². The second-order valence-corrected chi connectivity index (χ2v) is 0. The van der Waals surface area contributed by atoms with Crippen LogP contribution in [-0.4, -0.2) is 7.05 Å². The van der Waals surface area contributed by atoms with Gasteiger partial charge in [0.1, 0.15) is 0 Å². The van der Waals surface area contributed by atoms with Crippen LogP contribution in [0.4, 0.5) is 0 Å². The van der Waals surface area contributed by atoms with Crippen LogP contribution in [0.2, 0.25) is 0 Å². The van der Waals surface area contributed by atoms with Gasteiger partial charge in [-0.1, -0.05) is 0 Å². The fourth-order valence-electron chi connectivity index (χ4n) is 0. The van der Waals surface area contributed by atoms with Crippen LogP contribution in [0.3, 0.4) is 0 Å². The summed E-state index contributed by atoms with van der Waals surface area (Å²) >= 11 is 0. The Morgan fingerprint density at radius 1 is 1.25 bits per heavy atom. The fourth-order valence-corrected chi connectivity index (χ4v) is 0. The van der Waals surface area contributed by atoms with Crippen LogP contribution in [0.1, 0.15) is 0 Å². The molecule has 0 saturated carbocycles. The van der Waals surface area contributed by atoms with Gasteiger partial charge in [-0.15, -0.1) is 5.21 Å². The van der Waals surface area contributed by atoms with E-state index in [0.717, 1.165) is 0 Å². The highest BCUT2D eigenvalue weighted by Gasteiger charge is 0.847. The lowest BCUT2D eigenvalue weighted by Crippen LogP contribution is -1.69. The molecule has 3 nitrogen and oxygen atoms in total. The average Bonchev–Trinajstić information content (AvgIpc) is 1.50. The van der Waals surface area contributed by atoms with E-state index in [1.54, 1.807) is 0 Å². The molecule has 0 bridgehead atoms. The molecule has 0 aromatic carbocycles. The second kappa shape index (κ2) is 707. The summed E-state index contributed by atoms with van der Waals surface area (Å²) in [5.74, 6) is 3.25. The molecule has 0 aliphatic rings. The van der Waals surface area contributed by atoms with Crippen molar-refractivity contribution in [3.05, 3.63) is 0 Å². The van der Waals surface area contributed by atoms with E-state index in [-0.39, 0.29) is 0 Å². The molecule has 0 aliphatic heterocycles. The minimum absolute atomic E-state index is 1.50. The molecular formula is CH7N2O. The van der Waals surface area contributed by atoms with E-state index >= 15 is 0 Å². The molecule has 0 fully saturated rings. The highest BCUT2D eigenvalue weighted by molar-refractivity contribution is 3.54. The lowest BCUT2D eigenvalue weighted by atomic mass is 11.6. The lowest BCUT2D eigenvalue weighted by molar-refractivity contribution is 0.201. The SMILES string of the molecule is CN.N[O]. The van der Waals surface area contributed by atoms with Gasteiger partial charge in [0.15, 0.2) is 0 Å². The van der Waals surface area contributed by atoms with Crippen molar-refractivity contribution in [2.75, 3.05) is 7.05 Å². The van der Waals surface area contributed by atoms with Gasteiger partial charge in [0.25, 0.3) is 0 Å². The van der Waals surface area contributed by atoms with Crippen molar-refractivity contribution in [3.63, 3.8) is 0 Å². The van der Waals surface area contributed by atoms with Gasteiger partial charge in [-0.3, -0.25) is 0 Å². The van der Waals surface area contributed by atoms with Gasteiger partial charge >= 0.3 is 0 Å². The number of rotatable bonds is 0. The molecule has 1 radical (unpaired) electrons. The molecule has 0 spiro atoms. The monoisotopic (exact) mass is 63.1 g/mol. The Balaban J connectivity index is 0. The Kier molecular flexibility index (Phi) is 1610. The maximum Gasteiger partial charge on any atom is -0.0195 e. The molecule has 0 heterocycles. The van der Waals surface area contributed by atoms with Crippen molar-refractivity contribution in [1.82, 2.24) is 0 Å². The molecule has 0 amide bonds. The molecule has 3 heteroatoms. The Labute approximate surface area is 25.2 Å². The van der Waals surface area contributed by atoms with E-state index in [0.29, 0.717) is 0 Å². The number of nitrogens with two attached hydrogens (primary N) is 2. The smallest absolute Gasteiger partial charge is 0.0195 e. The normalized spacial score (nSPS) is 3.00. The van der Waals surface area contributed by atoms with Gasteiger partial charge < -0.3 is 5.73 Å². The van der Waals surface area contributed by atoms with Crippen LogP contribution < -0.4 is 11.6 Å². The summed E-state index contributed by atoms with van der Waals surface area (Å²) in [6.45, 7) is 0. The highest BCUT2D eigenvalue weighted by atomic mass is 16.4. The molecule has 0 unspecified atom stereocenters. The fraction of sp³-hybridized carbons (Fsp3) is 1.00. The first-order valence-corrected chi connectivity index (χ1v) is 0.813. The first-order valence-electron chi connectivity index (χ1n) is 0.813. The second-order valence-electron chi connectivity index (χ2n) is 0. The average molecular weight is 63.1 g/mol. The van der Waals surface area contributed by atoms with Crippen LogP contribution in [0, 0.1) is 0 Å². The minimum atomic E-state index is 1.50. The summed E-state index contributed by atoms with van der Waals surface area (Å²) in [6, 6.07) is 0. The third-order valence-electron chi connectivity index (χ3n) is 0. The van der Waals surface area contributed by atoms with Crippen molar-refractivity contribution in [1.29, 1.82) is 0 Å². The van der Waals surface area contributed by atoms with Gasteiger partial charge in [0.2, 0.25) is 0 Å². The van der Waals surface area contributed by atoms with E-state index in [1.165, 1.54) is 7.05 Å². The van der Waals surface area contributed by atoms with E-state index in [1.807, 2.05) is 0 Å². The maximum absolute atomic E-state index is 7.75. The maximum atomic E-state index is 7.75. The minimum Gasteiger partial charge on any atom is -0.333 e. The largest absolute Gasteiger partial charge is 0.333 e. The highest BCUT2D eigenvalue weighted by Crippen LogP contribution is 0.528. The summed E-state index contributed by atoms with van der Waals surface area (Å²) < 4.78 is 0. The predicted octanol–water partition coefficient (Wildman–Crippen LogP) is -1.13. The molecule has 0 atom stereocenters. The van der Waals surface area contributed by atoms with Gasteiger partial charge in [0, 0.05) is 0 Å². The Morgan fingerprint density at radius 2 is 1.25 bits per heavy atom. The standard InChI is InChI=1S/CH5N.H2NO/c2*1-2/h2H2,1H3;1H2. The summed E-state index contributed by atoms with van der Waals surface area (Å²) in [6.07, 6.45) is 0. The Bertz CT molecular complexity index is 6.00. The first kappa shape index (κ1) is 9.11. The summed E-state index contributed by atoms with van der Waals surface area (Å²) in [5, 5.41) is 7.75. The lowest BCUT2D eigenvalue weighted by Gasteiger charge is -1.19. The van der Waals surface area contributed by atoms with Crippen molar-refractivity contribution in [2.45, 2.75) is 0 Å². The number of hydrogen-bond acceptors (Lipinski definition) is 2. The van der Waals surface area contributed by atoms with E-state index in [4.69, 9.17) is 5.21 Å². The summed E-state index contributed by atoms with van der Waals surface area (Å²) in [7, 11) is 1.50. The Hall–Kier alpha value is -0.120. The molecule has 0 saturated heterocycles. The Morgan fingerprint density at radius 3 is 1.25 bits per heavy atom. The van der Waals surface area contributed by atoms with Gasteiger partial charge in [-0.25, -0.2) is 0 Å². The van der Waals surface area contributed by atoms with Crippen molar-refractivity contribution < 1.29 is 5.21 Å². The van der Waals surface area contributed by atoms with E-state index in [9.17, 15) is 0 Å². The van der Waals surface area contributed by atoms with Gasteiger partial charge in [-0.2, -0.15) is 5.90 Å². The molecule has 0 aromatic heterocycles. The zero-order valence-electron chi connectivity index (χ0n) is 2.56. The third-order valence-corrected chi connectivity index (χ3v) is 0. The molecule has 4 N–H and O–H groups in total. The van der Waals surface area contributed by atoms with Crippen LogP contribution >= 0.6 is 0 Å². The van der Waals surface area contributed by atoms with Crippen LogP contribution in [0.25, 0.3) is 0 Å². The summed E-state index contributed by atoms with van der Waals surface area (Å²) in [4.78, 5) is 0. The first-order chi connectivity index (χ1) is 2.00. The molecular weight excluding hydrogens is 56.0 g/mol. The van der Waals surface area contributed by atoms with Crippen LogP contribution in [-0.2, 0) is 5.21 Å². The topological polar surface area (TPSA) is 71.9 Å².